The number of methoxy groups -OCH3 is 1. The molecule has 0 spiro atoms. The van der Waals surface area contributed by atoms with Crippen molar-refractivity contribution >= 4 is 17.3 Å². The van der Waals surface area contributed by atoms with Crippen LogP contribution in [0, 0.1) is 0 Å². The minimum absolute atomic E-state index is 0.481. The Morgan fingerprint density at radius 1 is 1.39 bits per heavy atom. The third-order valence-electron chi connectivity index (χ3n) is 3.32. The highest BCUT2D eigenvalue weighted by atomic mass is 35.5. The zero-order valence-electron chi connectivity index (χ0n) is 11.1. The summed E-state index contributed by atoms with van der Waals surface area (Å²) in [5.41, 5.74) is 1.10. The molecule has 0 amide bonds. The highest BCUT2D eigenvalue weighted by Gasteiger charge is 2.17. The Morgan fingerprint density at radius 3 is 3.00 bits per heavy atom. The van der Waals surface area contributed by atoms with E-state index in [1.54, 1.807) is 7.11 Å². The van der Waals surface area contributed by atoms with Crippen LogP contribution in [0.15, 0.2) is 18.2 Å². The van der Waals surface area contributed by atoms with E-state index in [1.807, 2.05) is 18.2 Å². The van der Waals surface area contributed by atoms with Crippen molar-refractivity contribution in [2.24, 2.45) is 0 Å². The SMILES string of the molecule is COc1ccc(Cl)cc1N1CCCCNC(C)C1. The van der Waals surface area contributed by atoms with Crippen LogP contribution in [-0.2, 0) is 0 Å². The van der Waals surface area contributed by atoms with Gasteiger partial charge in [-0.25, -0.2) is 0 Å². The van der Waals surface area contributed by atoms with Crippen LogP contribution in [0.5, 0.6) is 5.75 Å². The number of hydrogen-bond donors (Lipinski definition) is 1. The van der Waals surface area contributed by atoms with Gasteiger partial charge in [0.2, 0.25) is 0 Å². The van der Waals surface area contributed by atoms with E-state index >= 15 is 0 Å². The molecule has 1 N–H and O–H groups in total. The molecule has 1 aliphatic heterocycles. The number of nitrogens with one attached hydrogen (secondary N) is 1. The minimum atomic E-state index is 0.481. The van der Waals surface area contributed by atoms with Crippen LogP contribution in [-0.4, -0.2) is 32.8 Å². The molecule has 3 nitrogen and oxygen atoms in total. The lowest BCUT2D eigenvalue weighted by Crippen LogP contribution is -2.42. The number of anilines is 1. The second kappa shape index (κ2) is 6.30. The number of benzene rings is 1. The Kier molecular flexibility index (Phi) is 4.72. The highest BCUT2D eigenvalue weighted by Crippen LogP contribution is 2.31. The molecule has 1 aromatic rings. The summed E-state index contributed by atoms with van der Waals surface area (Å²) in [7, 11) is 1.71. The van der Waals surface area contributed by atoms with Gasteiger partial charge < -0.3 is 15.0 Å². The molecule has 4 heteroatoms. The molecule has 1 heterocycles. The third kappa shape index (κ3) is 3.30. The van der Waals surface area contributed by atoms with Crippen LogP contribution in [0.1, 0.15) is 19.8 Å². The van der Waals surface area contributed by atoms with Crippen LogP contribution in [0.25, 0.3) is 0 Å². The van der Waals surface area contributed by atoms with Gasteiger partial charge in [-0.05, 0) is 44.5 Å². The number of hydrogen-bond acceptors (Lipinski definition) is 3. The topological polar surface area (TPSA) is 24.5 Å². The molecule has 1 aliphatic rings. The van der Waals surface area contributed by atoms with Crippen molar-refractivity contribution in [3.05, 3.63) is 23.2 Å². The number of halogens is 1. The van der Waals surface area contributed by atoms with Crippen molar-refractivity contribution in [3.63, 3.8) is 0 Å². The van der Waals surface area contributed by atoms with E-state index in [9.17, 15) is 0 Å². The number of nitrogens with zero attached hydrogens (tertiary/aromatic N) is 1. The molecular weight excluding hydrogens is 248 g/mol. The monoisotopic (exact) mass is 268 g/mol. The van der Waals surface area contributed by atoms with E-state index in [-0.39, 0.29) is 0 Å². The summed E-state index contributed by atoms with van der Waals surface area (Å²) in [5, 5.41) is 4.28. The van der Waals surface area contributed by atoms with Gasteiger partial charge in [-0.3, -0.25) is 0 Å². The van der Waals surface area contributed by atoms with Gasteiger partial charge in [-0.2, -0.15) is 0 Å². The molecule has 1 aromatic carbocycles. The molecular formula is C14H21ClN2O. The number of rotatable bonds is 2. The molecule has 1 unspecified atom stereocenters. The summed E-state index contributed by atoms with van der Waals surface area (Å²) in [5.74, 6) is 0.896. The smallest absolute Gasteiger partial charge is 0.142 e. The van der Waals surface area contributed by atoms with Gasteiger partial charge in [0.1, 0.15) is 5.75 Å². The summed E-state index contributed by atoms with van der Waals surface area (Å²) in [4.78, 5) is 2.36. The predicted molar refractivity (Wildman–Crippen MR) is 76.9 cm³/mol. The lowest BCUT2D eigenvalue weighted by Gasteiger charge is -2.31. The first-order valence-electron chi connectivity index (χ1n) is 6.52. The van der Waals surface area contributed by atoms with Crippen molar-refractivity contribution in [1.82, 2.24) is 5.32 Å². The van der Waals surface area contributed by atoms with E-state index in [1.165, 1.54) is 12.8 Å². The molecule has 0 aliphatic carbocycles. The van der Waals surface area contributed by atoms with Gasteiger partial charge >= 0.3 is 0 Å². The van der Waals surface area contributed by atoms with E-state index in [0.29, 0.717) is 6.04 Å². The maximum absolute atomic E-state index is 6.10. The fraction of sp³-hybridized carbons (Fsp3) is 0.571. The Labute approximate surface area is 114 Å². The maximum atomic E-state index is 6.10. The molecule has 0 aromatic heterocycles. The van der Waals surface area contributed by atoms with Crippen LogP contribution >= 0.6 is 11.6 Å². The fourth-order valence-corrected chi connectivity index (χ4v) is 2.56. The largest absolute Gasteiger partial charge is 0.495 e. The van der Waals surface area contributed by atoms with Gasteiger partial charge in [-0.1, -0.05) is 11.6 Å². The number of ether oxygens (including phenoxy) is 1. The lowest BCUT2D eigenvalue weighted by atomic mass is 10.1. The van der Waals surface area contributed by atoms with E-state index in [0.717, 1.165) is 36.1 Å². The summed E-state index contributed by atoms with van der Waals surface area (Å²) in [6.07, 6.45) is 2.40. The average Bonchev–Trinajstić information content (AvgIpc) is 2.33. The van der Waals surface area contributed by atoms with Crippen LogP contribution in [0.2, 0.25) is 5.02 Å². The quantitative estimate of drug-likeness (QED) is 0.893. The summed E-state index contributed by atoms with van der Waals surface area (Å²) in [6, 6.07) is 6.28. The van der Waals surface area contributed by atoms with Gasteiger partial charge in [0.05, 0.1) is 12.8 Å². The molecule has 18 heavy (non-hydrogen) atoms. The summed E-state index contributed by atoms with van der Waals surface area (Å²) >= 11 is 6.10. The normalized spacial score (nSPS) is 21.3. The van der Waals surface area contributed by atoms with Gasteiger partial charge in [-0.15, -0.1) is 0 Å². The van der Waals surface area contributed by atoms with E-state index < -0.39 is 0 Å². The van der Waals surface area contributed by atoms with Crippen molar-refractivity contribution in [3.8, 4) is 5.75 Å². The molecule has 1 saturated heterocycles. The second-order valence-corrected chi connectivity index (χ2v) is 5.26. The van der Waals surface area contributed by atoms with Gasteiger partial charge in [0.15, 0.2) is 0 Å². The second-order valence-electron chi connectivity index (χ2n) is 4.82. The van der Waals surface area contributed by atoms with Crippen LogP contribution in [0.3, 0.4) is 0 Å². The standard InChI is InChI=1S/C14H21ClN2O/c1-11-10-17(8-4-3-7-16-11)13-9-12(15)5-6-14(13)18-2/h5-6,9,11,16H,3-4,7-8,10H2,1-2H3. The molecule has 0 bridgehead atoms. The van der Waals surface area contributed by atoms with Crippen LogP contribution < -0.4 is 15.0 Å². The Morgan fingerprint density at radius 2 is 2.22 bits per heavy atom. The van der Waals surface area contributed by atoms with Gasteiger partial charge in [0.25, 0.3) is 0 Å². The summed E-state index contributed by atoms with van der Waals surface area (Å²) in [6.45, 7) is 5.37. The van der Waals surface area contributed by atoms with Crippen molar-refractivity contribution in [2.45, 2.75) is 25.8 Å². The van der Waals surface area contributed by atoms with Gasteiger partial charge in [0, 0.05) is 24.2 Å². The fourth-order valence-electron chi connectivity index (χ4n) is 2.39. The first-order valence-corrected chi connectivity index (χ1v) is 6.90. The molecule has 1 fully saturated rings. The Balaban J connectivity index is 2.24. The Hall–Kier alpha value is -0.930. The Bertz CT molecular complexity index is 397. The first kappa shape index (κ1) is 13.5. The van der Waals surface area contributed by atoms with Crippen molar-refractivity contribution in [2.75, 3.05) is 31.6 Å². The highest BCUT2D eigenvalue weighted by molar-refractivity contribution is 6.30. The average molecular weight is 269 g/mol. The third-order valence-corrected chi connectivity index (χ3v) is 3.56. The molecule has 0 saturated carbocycles. The van der Waals surface area contributed by atoms with E-state index in [4.69, 9.17) is 16.3 Å². The molecule has 2 rings (SSSR count). The maximum Gasteiger partial charge on any atom is 0.142 e. The predicted octanol–water partition coefficient (Wildman–Crippen LogP) is 2.93. The molecule has 1 atom stereocenters. The van der Waals surface area contributed by atoms with Crippen molar-refractivity contribution in [1.29, 1.82) is 0 Å². The van der Waals surface area contributed by atoms with E-state index in [2.05, 4.69) is 17.1 Å². The zero-order valence-corrected chi connectivity index (χ0v) is 11.8. The molecule has 100 valence electrons. The zero-order chi connectivity index (χ0) is 13.0. The van der Waals surface area contributed by atoms with Crippen LogP contribution in [0.4, 0.5) is 5.69 Å². The molecule has 0 radical (unpaired) electrons. The minimum Gasteiger partial charge on any atom is -0.495 e. The lowest BCUT2D eigenvalue weighted by molar-refractivity contribution is 0.411. The van der Waals surface area contributed by atoms with Crippen molar-refractivity contribution < 1.29 is 4.74 Å². The first-order chi connectivity index (χ1) is 8.70. The summed E-state index contributed by atoms with van der Waals surface area (Å²) < 4.78 is 5.44.